The molecule has 0 N–H and O–H groups in total. The highest BCUT2D eigenvalue weighted by molar-refractivity contribution is 6.32. The summed E-state index contributed by atoms with van der Waals surface area (Å²) in [5.74, 6) is -0.294. The number of carbonyl (C=O) groups excluding carboxylic acids is 2. The maximum atomic E-state index is 13.9. The molecule has 0 bridgehead atoms. The molecule has 33 heavy (non-hydrogen) atoms. The van der Waals surface area contributed by atoms with Crippen molar-refractivity contribution in [2.24, 2.45) is 0 Å². The van der Waals surface area contributed by atoms with Crippen molar-refractivity contribution >= 4 is 11.6 Å². The number of rotatable bonds is 5. The first-order valence-corrected chi connectivity index (χ1v) is 11.7. The molecule has 5 rings (SSSR count). The average molecular weight is 440 g/mol. The lowest BCUT2D eigenvalue weighted by Crippen LogP contribution is -2.60. The highest BCUT2D eigenvalue weighted by Crippen LogP contribution is 2.42. The van der Waals surface area contributed by atoms with Gasteiger partial charge in [-0.1, -0.05) is 61.5 Å². The van der Waals surface area contributed by atoms with Crippen LogP contribution in [0, 0.1) is 6.92 Å². The summed E-state index contributed by atoms with van der Waals surface area (Å²) in [6, 6.07) is 21.4. The molecule has 0 radical (unpaired) electrons. The van der Waals surface area contributed by atoms with Crippen molar-refractivity contribution in [1.82, 2.24) is 14.8 Å². The Kier molecular flexibility index (Phi) is 5.69. The minimum absolute atomic E-state index is 0.147. The molecule has 0 atom stereocenters. The summed E-state index contributed by atoms with van der Waals surface area (Å²) in [4.78, 5) is 36.9. The molecule has 1 aliphatic heterocycles. The second-order valence-corrected chi connectivity index (χ2v) is 8.96. The van der Waals surface area contributed by atoms with Crippen molar-refractivity contribution in [2.75, 3.05) is 26.2 Å². The Hall–Kier alpha value is -3.15. The summed E-state index contributed by atoms with van der Waals surface area (Å²) in [7, 11) is 0. The summed E-state index contributed by atoms with van der Waals surface area (Å²) in [6.07, 6.45) is 1.01. The molecule has 3 aromatic rings. The Morgan fingerprint density at radius 1 is 0.788 bits per heavy atom. The largest absolute Gasteiger partial charge is 0.297 e. The first kappa shape index (κ1) is 21.7. The monoisotopic (exact) mass is 439 g/mol. The van der Waals surface area contributed by atoms with Gasteiger partial charge in [-0.05, 0) is 36.6 Å². The van der Waals surface area contributed by atoms with Gasteiger partial charge in [0, 0.05) is 49.5 Å². The van der Waals surface area contributed by atoms with Crippen LogP contribution in [0.3, 0.4) is 0 Å². The molecule has 2 aromatic carbocycles. The molecule has 5 nitrogen and oxygen atoms in total. The van der Waals surface area contributed by atoms with E-state index in [9.17, 15) is 9.59 Å². The van der Waals surface area contributed by atoms with Crippen LogP contribution >= 0.6 is 0 Å². The van der Waals surface area contributed by atoms with Crippen LogP contribution in [0.2, 0.25) is 0 Å². The number of hydrogen-bond donors (Lipinski definition) is 0. The quantitative estimate of drug-likeness (QED) is 0.562. The van der Waals surface area contributed by atoms with Crippen molar-refractivity contribution in [2.45, 2.75) is 32.4 Å². The van der Waals surface area contributed by atoms with Crippen molar-refractivity contribution in [3.8, 4) is 0 Å². The van der Waals surface area contributed by atoms with Gasteiger partial charge in [-0.2, -0.15) is 0 Å². The Morgan fingerprint density at radius 3 is 2.00 bits per heavy atom. The van der Waals surface area contributed by atoms with Crippen LogP contribution in [-0.2, 0) is 18.5 Å². The van der Waals surface area contributed by atoms with E-state index >= 15 is 0 Å². The summed E-state index contributed by atoms with van der Waals surface area (Å²) >= 11 is 0. The molecule has 2 aliphatic rings. The Labute approximate surface area is 195 Å². The highest BCUT2D eigenvalue weighted by Gasteiger charge is 2.59. The molecule has 1 fully saturated rings. The smallest absolute Gasteiger partial charge is 0.198 e. The van der Waals surface area contributed by atoms with E-state index in [-0.39, 0.29) is 11.6 Å². The van der Waals surface area contributed by atoms with Gasteiger partial charge in [-0.25, -0.2) is 0 Å². The van der Waals surface area contributed by atoms with Crippen LogP contribution in [0.5, 0.6) is 0 Å². The number of benzene rings is 2. The molecule has 0 spiro atoms. The number of hydrogen-bond acceptors (Lipinski definition) is 5. The third-order valence-electron chi connectivity index (χ3n) is 7.07. The number of pyridine rings is 1. The number of fused-ring (bicyclic) bond motifs is 1. The number of ketones is 2. The lowest BCUT2D eigenvalue weighted by Gasteiger charge is -2.43. The lowest BCUT2D eigenvalue weighted by atomic mass is 9.85. The fourth-order valence-electron chi connectivity index (χ4n) is 5.34. The van der Waals surface area contributed by atoms with Gasteiger partial charge in [0.15, 0.2) is 17.1 Å². The normalized spacial score (nSPS) is 18.5. The fraction of sp³-hybridized carbons (Fsp3) is 0.321. The van der Waals surface area contributed by atoms with Crippen LogP contribution in [0.25, 0.3) is 0 Å². The van der Waals surface area contributed by atoms with Crippen LogP contribution in [-0.4, -0.2) is 52.5 Å². The van der Waals surface area contributed by atoms with Crippen molar-refractivity contribution < 1.29 is 9.59 Å². The second-order valence-electron chi connectivity index (χ2n) is 8.96. The second kappa shape index (κ2) is 8.65. The van der Waals surface area contributed by atoms with Crippen molar-refractivity contribution in [3.63, 3.8) is 0 Å². The van der Waals surface area contributed by atoms with Gasteiger partial charge in [-0.3, -0.25) is 24.4 Å². The van der Waals surface area contributed by atoms with Gasteiger partial charge in [0.1, 0.15) is 0 Å². The zero-order valence-corrected chi connectivity index (χ0v) is 19.3. The third kappa shape index (κ3) is 3.52. The molecule has 168 valence electrons. The van der Waals surface area contributed by atoms with E-state index in [0.29, 0.717) is 29.9 Å². The predicted molar refractivity (Wildman–Crippen MR) is 128 cm³/mol. The predicted octanol–water partition coefficient (Wildman–Crippen LogP) is 4.04. The van der Waals surface area contributed by atoms with Crippen LogP contribution in [0.1, 0.15) is 50.2 Å². The molecular formula is C28H29N3O2. The van der Waals surface area contributed by atoms with Crippen LogP contribution < -0.4 is 0 Å². The minimum Gasteiger partial charge on any atom is -0.297 e. The molecular weight excluding hydrogens is 410 g/mol. The van der Waals surface area contributed by atoms with Gasteiger partial charge in [0.25, 0.3) is 0 Å². The summed E-state index contributed by atoms with van der Waals surface area (Å²) in [5.41, 5.74) is 3.70. The standard InChI is InChI=1S/C28H29N3O2/c1-3-21-10-4-5-11-22(21)19-30-15-17-31(18-16-30)28(25-14-8-9-20(2)29-25)26(32)23-12-6-7-13-24(23)27(28)33/h4-14H,3,15-19H2,1-2H3. The fourth-order valence-corrected chi connectivity index (χ4v) is 5.34. The molecule has 1 aromatic heterocycles. The number of aryl methyl sites for hydroxylation is 2. The average Bonchev–Trinajstić information content (AvgIpc) is 3.08. The van der Waals surface area contributed by atoms with E-state index in [1.54, 1.807) is 12.1 Å². The maximum Gasteiger partial charge on any atom is 0.198 e. The SMILES string of the molecule is CCc1ccccc1CN1CCN(C2(c3cccc(C)n3)C(=O)c3ccccc3C2=O)CC1. The van der Waals surface area contributed by atoms with E-state index in [4.69, 9.17) is 4.98 Å². The Balaban J connectivity index is 1.46. The number of carbonyl (C=O) groups is 2. The lowest BCUT2D eigenvalue weighted by molar-refractivity contribution is 0.0266. The summed E-state index contributed by atoms with van der Waals surface area (Å²) in [5, 5.41) is 0. The number of Topliss-reactive ketones (excluding diaryl/α,β-unsaturated/α-hetero) is 2. The van der Waals surface area contributed by atoms with E-state index in [1.165, 1.54) is 11.1 Å². The van der Waals surface area contributed by atoms with Gasteiger partial charge in [0.2, 0.25) is 0 Å². The molecule has 0 amide bonds. The van der Waals surface area contributed by atoms with Crippen molar-refractivity contribution in [3.05, 3.63) is 100 Å². The van der Waals surface area contributed by atoms with Gasteiger partial charge in [0.05, 0.1) is 5.69 Å². The minimum atomic E-state index is -1.37. The van der Waals surface area contributed by atoms with Crippen LogP contribution in [0.4, 0.5) is 0 Å². The molecule has 1 saturated heterocycles. The highest BCUT2D eigenvalue weighted by atomic mass is 16.2. The Morgan fingerprint density at radius 2 is 1.39 bits per heavy atom. The first-order chi connectivity index (χ1) is 16.1. The van der Waals surface area contributed by atoms with Crippen molar-refractivity contribution in [1.29, 1.82) is 0 Å². The van der Waals surface area contributed by atoms with Gasteiger partial charge < -0.3 is 0 Å². The maximum absolute atomic E-state index is 13.9. The Bertz CT molecular complexity index is 1180. The number of piperazine rings is 1. The van der Waals surface area contributed by atoms with E-state index in [1.807, 2.05) is 37.3 Å². The molecule has 1 aliphatic carbocycles. The summed E-state index contributed by atoms with van der Waals surface area (Å²) in [6.45, 7) is 7.83. The third-order valence-corrected chi connectivity index (χ3v) is 7.07. The molecule has 0 saturated carbocycles. The number of aromatic nitrogens is 1. The zero-order valence-electron chi connectivity index (χ0n) is 19.3. The van der Waals surface area contributed by atoms with E-state index < -0.39 is 5.54 Å². The molecule has 5 heteroatoms. The number of nitrogens with zero attached hydrogens (tertiary/aromatic N) is 3. The zero-order chi connectivity index (χ0) is 23.0. The van der Waals surface area contributed by atoms with E-state index in [0.717, 1.165) is 31.7 Å². The molecule has 2 heterocycles. The summed E-state index contributed by atoms with van der Waals surface area (Å²) < 4.78 is 0. The van der Waals surface area contributed by atoms with Gasteiger partial charge in [-0.15, -0.1) is 0 Å². The van der Waals surface area contributed by atoms with E-state index in [2.05, 4.69) is 41.0 Å². The van der Waals surface area contributed by atoms with Gasteiger partial charge >= 0.3 is 0 Å². The topological polar surface area (TPSA) is 53.5 Å². The van der Waals surface area contributed by atoms with Crippen LogP contribution in [0.15, 0.2) is 66.7 Å². The molecule has 0 unspecified atom stereocenters. The first-order valence-electron chi connectivity index (χ1n) is 11.7.